The minimum absolute atomic E-state index is 0.201. The minimum Gasteiger partial charge on any atom is -0.339 e. The predicted molar refractivity (Wildman–Crippen MR) is 40.5 cm³/mol. The van der Waals surface area contributed by atoms with Crippen LogP contribution in [0.2, 0.25) is 0 Å². The van der Waals surface area contributed by atoms with Crippen molar-refractivity contribution >= 4 is 0 Å². The van der Waals surface area contributed by atoms with Gasteiger partial charge in [0.2, 0.25) is 12.3 Å². The van der Waals surface area contributed by atoms with Gasteiger partial charge in [-0.3, -0.25) is 0 Å². The van der Waals surface area contributed by atoms with Gasteiger partial charge in [0.05, 0.1) is 0 Å². The van der Waals surface area contributed by atoms with Crippen molar-refractivity contribution in [1.82, 2.24) is 10.1 Å². The third-order valence-electron chi connectivity index (χ3n) is 2.28. The summed E-state index contributed by atoms with van der Waals surface area (Å²) in [5.41, 5.74) is 0. The normalized spacial score (nSPS) is 26.8. The van der Waals surface area contributed by atoms with E-state index in [9.17, 15) is 8.78 Å². The molecule has 0 aliphatic heterocycles. The third kappa shape index (κ3) is 1.55. The highest BCUT2D eigenvalue weighted by Crippen LogP contribution is 2.50. The number of alkyl halides is 2. The zero-order valence-electron chi connectivity index (χ0n) is 7.20. The van der Waals surface area contributed by atoms with Crippen LogP contribution in [0.25, 0.3) is 0 Å². The van der Waals surface area contributed by atoms with Crippen molar-refractivity contribution in [2.75, 3.05) is 0 Å². The summed E-state index contributed by atoms with van der Waals surface area (Å²) in [6.07, 6.45) is -1.11. The summed E-state index contributed by atoms with van der Waals surface area (Å²) in [4.78, 5) is 4.01. The Kier molecular flexibility index (Phi) is 2.01. The smallest absolute Gasteiger partial charge is 0.242 e. The quantitative estimate of drug-likeness (QED) is 0.728. The first kappa shape index (κ1) is 8.59. The molecule has 3 nitrogen and oxygen atoms in total. The van der Waals surface area contributed by atoms with Crippen molar-refractivity contribution in [3.05, 3.63) is 11.7 Å². The topological polar surface area (TPSA) is 38.9 Å². The van der Waals surface area contributed by atoms with Gasteiger partial charge in [-0.1, -0.05) is 12.1 Å². The number of nitrogens with zero attached hydrogens (tertiary/aromatic N) is 2. The lowest BCUT2D eigenvalue weighted by Crippen LogP contribution is -1.95. The monoisotopic (exact) mass is 188 g/mol. The number of aryl methyl sites for hydroxylation is 1. The van der Waals surface area contributed by atoms with Gasteiger partial charge in [0.1, 0.15) is 0 Å². The largest absolute Gasteiger partial charge is 0.339 e. The predicted octanol–water partition coefficient (Wildman–Crippen LogP) is 2.00. The molecule has 2 rings (SSSR count). The third-order valence-corrected chi connectivity index (χ3v) is 2.28. The van der Waals surface area contributed by atoms with E-state index in [1.165, 1.54) is 0 Å². The van der Waals surface area contributed by atoms with Crippen LogP contribution >= 0.6 is 0 Å². The van der Waals surface area contributed by atoms with Crippen LogP contribution in [0.5, 0.6) is 0 Å². The van der Waals surface area contributed by atoms with Crippen molar-refractivity contribution in [1.29, 1.82) is 0 Å². The highest BCUT2D eigenvalue weighted by Gasteiger charge is 2.48. The SMILES string of the molecule is CCc1noc([C@H]2C[C@@H]2C(F)F)n1. The van der Waals surface area contributed by atoms with Gasteiger partial charge in [0.15, 0.2) is 5.82 Å². The number of hydrogen-bond donors (Lipinski definition) is 0. The van der Waals surface area contributed by atoms with Crippen LogP contribution in [-0.4, -0.2) is 16.6 Å². The van der Waals surface area contributed by atoms with Gasteiger partial charge < -0.3 is 4.52 Å². The lowest BCUT2D eigenvalue weighted by Gasteiger charge is -1.91. The van der Waals surface area contributed by atoms with Crippen LogP contribution in [0.1, 0.15) is 31.0 Å². The van der Waals surface area contributed by atoms with E-state index in [2.05, 4.69) is 10.1 Å². The molecule has 1 heterocycles. The van der Waals surface area contributed by atoms with Gasteiger partial charge in [0.25, 0.3) is 0 Å². The zero-order chi connectivity index (χ0) is 9.42. The standard InChI is InChI=1S/C8H10F2N2O/c1-2-6-11-8(13-12-6)5-3-4(5)7(9)10/h4-5,7H,2-3H2,1H3/t4-,5-/m0/s1. The second-order valence-electron chi connectivity index (χ2n) is 3.24. The molecule has 0 radical (unpaired) electrons. The second kappa shape index (κ2) is 3.05. The first-order valence-electron chi connectivity index (χ1n) is 4.33. The summed E-state index contributed by atoms with van der Waals surface area (Å²) in [6, 6.07) is 0. The Morgan fingerprint density at radius 3 is 2.85 bits per heavy atom. The zero-order valence-corrected chi connectivity index (χ0v) is 7.20. The fourth-order valence-electron chi connectivity index (χ4n) is 1.34. The minimum atomic E-state index is -2.26. The van der Waals surface area contributed by atoms with Crippen LogP contribution in [0.3, 0.4) is 0 Å². The Morgan fingerprint density at radius 1 is 1.62 bits per heavy atom. The summed E-state index contributed by atoms with van der Waals surface area (Å²) < 4.78 is 29.2. The summed E-state index contributed by atoms with van der Waals surface area (Å²) in [6.45, 7) is 1.89. The molecule has 0 saturated heterocycles. The Hall–Kier alpha value is -1.00. The lowest BCUT2D eigenvalue weighted by molar-refractivity contribution is 0.118. The molecule has 1 aromatic rings. The number of halogens is 2. The van der Waals surface area contributed by atoms with Crippen molar-refractivity contribution in [2.24, 2.45) is 5.92 Å². The van der Waals surface area contributed by atoms with E-state index in [0.717, 1.165) is 0 Å². The maximum atomic E-state index is 12.2. The van der Waals surface area contributed by atoms with E-state index < -0.39 is 12.3 Å². The van der Waals surface area contributed by atoms with Crippen LogP contribution in [-0.2, 0) is 6.42 Å². The molecule has 0 N–H and O–H groups in total. The molecule has 0 amide bonds. The fraction of sp³-hybridized carbons (Fsp3) is 0.750. The van der Waals surface area contributed by atoms with Gasteiger partial charge in [-0.05, 0) is 6.42 Å². The highest BCUT2D eigenvalue weighted by molar-refractivity contribution is 5.08. The average molecular weight is 188 g/mol. The average Bonchev–Trinajstić information content (AvgIpc) is 2.78. The molecule has 2 atom stereocenters. The van der Waals surface area contributed by atoms with Crippen molar-refractivity contribution in [3.63, 3.8) is 0 Å². The summed E-state index contributed by atoms with van der Waals surface area (Å²) in [5.74, 6) is 0.204. The first-order chi connectivity index (χ1) is 6.22. The summed E-state index contributed by atoms with van der Waals surface area (Å²) in [7, 11) is 0. The lowest BCUT2D eigenvalue weighted by atomic mass is 10.3. The van der Waals surface area contributed by atoms with E-state index in [4.69, 9.17) is 4.52 Å². The van der Waals surface area contributed by atoms with Gasteiger partial charge in [-0.2, -0.15) is 4.98 Å². The first-order valence-corrected chi connectivity index (χ1v) is 4.33. The van der Waals surface area contributed by atoms with E-state index in [-0.39, 0.29) is 5.92 Å². The van der Waals surface area contributed by atoms with Crippen molar-refractivity contribution in [2.45, 2.75) is 32.1 Å². The molecule has 13 heavy (non-hydrogen) atoms. The molecule has 5 heteroatoms. The number of rotatable bonds is 3. The van der Waals surface area contributed by atoms with E-state index >= 15 is 0 Å². The number of aromatic nitrogens is 2. The van der Waals surface area contributed by atoms with Crippen LogP contribution in [0, 0.1) is 5.92 Å². The molecular weight excluding hydrogens is 178 g/mol. The van der Waals surface area contributed by atoms with E-state index in [1.807, 2.05) is 6.92 Å². The molecule has 1 aliphatic carbocycles. The van der Waals surface area contributed by atoms with Gasteiger partial charge >= 0.3 is 0 Å². The van der Waals surface area contributed by atoms with Crippen LogP contribution < -0.4 is 0 Å². The molecule has 0 unspecified atom stereocenters. The Labute approximate surface area is 74.1 Å². The van der Waals surface area contributed by atoms with Crippen LogP contribution in [0.4, 0.5) is 8.78 Å². The van der Waals surface area contributed by atoms with Gasteiger partial charge in [0, 0.05) is 18.3 Å². The summed E-state index contributed by atoms with van der Waals surface area (Å²) >= 11 is 0. The number of hydrogen-bond acceptors (Lipinski definition) is 3. The Bertz CT molecular complexity index is 300. The Morgan fingerprint density at radius 2 is 2.38 bits per heavy atom. The van der Waals surface area contributed by atoms with Crippen molar-refractivity contribution in [3.8, 4) is 0 Å². The van der Waals surface area contributed by atoms with Gasteiger partial charge in [-0.15, -0.1) is 0 Å². The summed E-state index contributed by atoms with van der Waals surface area (Å²) in [5, 5.41) is 3.66. The fourth-order valence-corrected chi connectivity index (χ4v) is 1.34. The van der Waals surface area contributed by atoms with Crippen LogP contribution in [0.15, 0.2) is 4.52 Å². The maximum Gasteiger partial charge on any atom is 0.242 e. The maximum absolute atomic E-state index is 12.2. The van der Waals surface area contributed by atoms with E-state index in [1.54, 1.807) is 0 Å². The molecule has 0 aromatic carbocycles. The molecule has 1 saturated carbocycles. The molecule has 72 valence electrons. The molecule has 1 aliphatic rings. The molecule has 1 fully saturated rings. The molecule has 0 bridgehead atoms. The molecular formula is C8H10F2N2O. The van der Waals surface area contributed by atoms with Gasteiger partial charge in [-0.25, -0.2) is 8.78 Å². The molecule has 1 aromatic heterocycles. The highest BCUT2D eigenvalue weighted by atomic mass is 19.3. The Balaban J connectivity index is 2.03. The van der Waals surface area contributed by atoms with E-state index in [0.29, 0.717) is 24.6 Å². The molecule has 0 spiro atoms. The second-order valence-corrected chi connectivity index (χ2v) is 3.24. The van der Waals surface area contributed by atoms with Crippen molar-refractivity contribution < 1.29 is 13.3 Å².